The Labute approximate surface area is 79.3 Å². The monoisotopic (exact) mass is 180 g/mol. The molecule has 0 radical (unpaired) electrons. The van der Waals surface area contributed by atoms with Crippen LogP contribution in [0.4, 0.5) is 0 Å². The molecule has 1 fully saturated rings. The standard InChI is InChI=1S/C10H16N2O/c1-4-5-9(13)12-8-6-7-11-10(8,2)3/h8,11H,6-7H2,1-3H3,(H,12,13). The Balaban J connectivity index is 2.53. The lowest BCUT2D eigenvalue weighted by molar-refractivity contribution is -0.116. The van der Waals surface area contributed by atoms with Crippen LogP contribution in [0.2, 0.25) is 0 Å². The first-order chi connectivity index (χ1) is 6.06. The predicted molar refractivity (Wildman–Crippen MR) is 52.1 cm³/mol. The Morgan fingerprint density at radius 1 is 1.62 bits per heavy atom. The molecule has 1 unspecified atom stereocenters. The fourth-order valence-corrected chi connectivity index (χ4v) is 1.58. The Bertz CT molecular complexity index is 260. The number of hydrogen-bond acceptors (Lipinski definition) is 2. The summed E-state index contributed by atoms with van der Waals surface area (Å²) in [4.78, 5) is 11.2. The molecule has 0 saturated carbocycles. The lowest BCUT2D eigenvalue weighted by atomic mass is 9.97. The molecule has 1 saturated heterocycles. The van der Waals surface area contributed by atoms with Gasteiger partial charge in [-0.25, -0.2) is 0 Å². The minimum atomic E-state index is -0.177. The average Bonchev–Trinajstić information content (AvgIpc) is 2.31. The molecule has 0 spiro atoms. The highest BCUT2D eigenvalue weighted by atomic mass is 16.1. The minimum absolute atomic E-state index is 0.00885. The molecule has 3 nitrogen and oxygen atoms in total. The number of amides is 1. The van der Waals surface area contributed by atoms with E-state index in [-0.39, 0.29) is 17.5 Å². The number of carbonyl (C=O) groups excluding carboxylic acids is 1. The number of carbonyl (C=O) groups is 1. The summed E-state index contributed by atoms with van der Waals surface area (Å²) in [6.45, 7) is 6.80. The fourth-order valence-electron chi connectivity index (χ4n) is 1.58. The van der Waals surface area contributed by atoms with E-state index >= 15 is 0 Å². The van der Waals surface area contributed by atoms with E-state index in [1.165, 1.54) is 0 Å². The molecule has 1 heterocycles. The van der Waals surface area contributed by atoms with Crippen LogP contribution >= 0.6 is 0 Å². The molecule has 0 aromatic heterocycles. The normalized spacial score (nSPS) is 24.7. The molecular formula is C10H16N2O. The van der Waals surface area contributed by atoms with E-state index < -0.39 is 0 Å². The van der Waals surface area contributed by atoms with Gasteiger partial charge in [0.05, 0.1) is 0 Å². The Morgan fingerprint density at radius 2 is 2.31 bits per heavy atom. The molecular weight excluding hydrogens is 164 g/mol. The van der Waals surface area contributed by atoms with E-state index in [1.54, 1.807) is 6.92 Å². The van der Waals surface area contributed by atoms with Crippen LogP contribution < -0.4 is 10.6 Å². The Kier molecular flexibility index (Phi) is 2.94. The molecule has 13 heavy (non-hydrogen) atoms. The van der Waals surface area contributed by atoms with E-state index in [4.69, 9.17) is 0 Å². The van der Waals surface area contributed by atoms with Gasteiger partial charge < -0.3 is 10.6 Å². The quantitative estimate of drug-likeness (QED) is 0.569. The van der Waals surface area contributed by atoms with Gasteiger partial charge in [0.15, 0.2) is 0 Å². The SMILES string of the molecule is CC#CC(=O)NC1CCNC1(C)C. The zero-order valence-corrected chi connectivity index (χ0v) is 8.40. The maximum Gasteiger partial charge on any atom is 0.296 e. The first-order valence-corrected chi connectivity index (χ1v) is 4.54. The number of rotatable bonds is 1. The van der Waals surface area contributed by atoms with Crippen LogP contribution in [0.25, 0.3) is 0 Å². The van der Waals surface area contributed by atoms with Gasteiger partial charge in [0, 0.05) is 11.6 Å². The molecule has 1 amide bonds. The van der Waals surface area contributed by atoms with Crippen molar-refractivity contribution in [2.45, 2.75) is 38.8 Å². The summed E-state index contributed by atoms with van der Waals surface area (Å²) in [5, 5.41) is 6.23. The van der Waals surface area contributed by atoms with Crippen molar-refractivity contribution in [2.24, 2.45) is 0 Å². The van der Waals surface area contributed by atoms with E-state index in [1.807, 2.05) is 0 Å². The predicted octanol–water partition coefficient (Wildman–Crippen LogP) is 0.266. The summed E-state index contributed by atoms with van der Waals surface area (Å²) in [5.74, 6) is 4.89. The highest BCUT2D eigenvalue weighted by Crippen LogP contribution is 2.17. The van der Waals surface area contributed by atoms with Gasteiger partial charge in [-0.1, -0.05) is 5.92 Å². The van der Waals surface area contributed by atoms with E-state index in [2.05, 4.69) is 36.3 Å². The molecule has 1 atom stereocenters. The third-order valence-corrected chi connectivity index (χ3v) is 2.43. The molecule has 1 rings (SSSR count). The van der Waals surface area contributed by atoms with Gasteiger partial charge in [-0.3, -0.25) is 4.79 Å². The largest absolute Gasteiger partial charge is 0.341 e. The van der Waals surface area contributed by atoms with Gasteiger partial charge in [0.2, 0.25) is 0 Å². The van der Waals surface area contributed by atoms with Crippen molar-refractivity contribution < 1.29 is 4.79 Å². The molecule has 3 heteroatoms. The van der Waals surface area contributed by atoms with Crippen LogP contribution in [0, 0.1) is 11.8 Å². The van der Waals surface area contributed by atoms with Crippen molar-refractivity contribution in [3.8, 4) is 11.8 Å². The molecule has 0 aromatic rings. The first kappa shape index (κ1) is 10.1. The highest BCUT2D eigenvalue weighted by Gasteiger charge is 2.34. The Morgan fingerprint density at radius 3 is 2.77 bits per heavy atom. The van der Waals surface area contributed by atoms with Crippen molar-refractivity contribution in [1.82, 2.24) is 10.6 Å². The van der Waals surface area contributed by atoms with Crippen LogP contribution in [-0.2, 0) is 4.79 Å². The van der Waals surface area contributed by atoms with Crippen LogP contribution in [-0.4, -0.2) is 24.0 Å². The van der Waals surface area contributed by atoms with Crippen molar-refractivity contribution in [3.63, 3.8) is 0 Å². The zero-order valence-electron chi connectivity index (χ0n) is 8.40. The van der Waals surface area contributed by atoms with Gasteiger partial charge in [-0.15, -0.1) is 0 Å². The third-order valence-electron chi connectivity index (χ3n) is 2.43. The number of nitrogens with one attached hydrogen (secondary N) is 2. The van der Waals surface area contributed by atoms with Gasteiger partial charge >= 0.3 is 0 Å². The molecule has 0 aromatic carbocycles. The fraction of sp³-hybridized carbons (Fsp3) is 0.700. The van der Waals surface area contributed by atoms with Crippen molar-refractivity contribution in [2.75, 3.05) is 6.54 Å². The van der Waals surface area contributed by atoms with Crippen LogP contribution in [0.3, 0.4) is 0 Å². The zero-order chi connectivity index (χ0) is 9.90. The van der Waals surface area contributed by atoms with Crippen LogP contribution in [0.1, 0.15) is 27.2 Å². The molecule has 1 aliphatic rings. The minimum Gasteiger partial charge on any atom is -0.341 e. The van der Waals surface area contributed by atoms with E-state index in [0.29, 0.717) is 0 Å². The summed E-state index contributed by atoms with van der Waals surface area (Å²) in [7, 11) is 0. The summed E-state index contributed by atoms with van der Waals surface area (Å²) < 4.78 is 0. The summed E-state index contributed by atoms with van der Waals surface area (Å²) in [6.07, 6.45) is 0.976. The van der Waals surface area contributed by atoms with Crippen molar-refractivity contribution >= 4 is 5.91 Å². The van der Waals surface area contributed by atoms with Crippen LogP contribution in [0.15, 0.2) is 0 Å². The third kappa shape index (κ3) is 2.46. The lowest BCUT2D eigenvalue weighted by Gasteiger charge is -2.26. The maximum absolute atomic E-state index is 11.2. The van der Waals surface area contributed by atoms with Crippen molar-refractivity contribution in [1.29, 1.82) is 0 Å². The second-order valence-electron chi connectivity index (χ2n) is 3.84. The highest BCUT2D eigenvalue weighted by molar-refractivity contribution is 5.93. The summed E-state index contributed by atoms with van der Waals surface area (Å²) in [5.41, 5.74) is -0.00885. The second-order valence-corrected chi connectivity index (χ2v) is 3.84. The van der Waals surface area contributed by atoms with Gasteiger partial charge in [-0.05, 0) is 39.7 Å². The summed E-state index contributed by atoms with van der Waals surface area (Å²) in [6, 6.07) is 0.195. The first-order valence-electron chi connectivity index (χ1n) is 4.54. The Hall–Kier alpha value is -1.01. The van der Waals surface area contributed by atoms with Gasteiger partial charge in [0.1, 0.15) is 0 Å². The maximum atomic E-state index is 11.2. The second kappa shape index (κ2) is 3.80. The van der Waals surface area contributed by atoms with Crippen molar-refractivity contribution in [3.05, 3.63) is 0 Å². The average molecular weight is 180 g/mol. The molecule has 0 aliphatic carbocycles. The molecule has 0 bridgehead atoms. The van der Waals surface area contributed by atoms with Gasteiger partial charge in [-0.2, -0.15) is 0 Å². The number of hydrogen-bond donors (Lipinski definition) is 2. The van der Waals surface area contributed by atoms with E-state index in [9.17, 15) is 4.79 Å². The smallest absolute Gasteiger partial charge is 0.296 e. The lowest BCUT2D eigenvalue weighted by Crippen LogP contribution is -2.50. The molecule has 1 aliphatic heterocycles. The molecule has 2 N–H and O–H groups in total. The topological polar surface area (TPSA) is 41.1 Å². The van der Waals surface area contributed by atoms with Crippen LogP contribution in [0.5, 0.6) is 0 Å². The van der Waals surface area contributed by atoms with E-state index in [0.717, 1.165) is 13.0 Å². The van der Waals surface area contributed by atoms with Gasteiger partial charge in [0.25, 0.3) is 5.91 Å². The molecule has 72 valence electrons. The summed E-state index contributed by atoms with van der Waals surface area (Å²) >= 11 is 0.